The van der Waals surface area contributed by atoms with Crippen molar-refractivity contribution in [2.75, 3.05) is 26.2 Å². The van der Waals surface area contributed by atoms with Crippen LogP contribution in [0.3, 0.4) is 0 Å². The van der Waals surface area contributed by atoms with Gasteiger partial charge < -0.3 is 14.5 Å². The van der Waals surface area contributed by atoms with Gasteiger partial charge in [0.15, 0.2) is 0 Å². The average Bonchev–Trinajstić information content (AvgIpc) is 3.12. The number of hydrogen-bond donors (Lipinski definition) is 1. The van der Waals surface area contributed by atoms with Gasteiger partial charge in [-0.2, -0.15) is 0 Å². The monoisotopic (exact) mass is 273 g/mol. The molecule has 2 aromatic rings. The molecule has 0 radical (unpaired) electrons. The zero-order chi connectivity index (χ0) is 13.9. The van der Waals surface area contributed by atoms with E-state index >= 15 is 0 Å². The van der Waals surface area contributed by atoms with E-state index in [0.717, 1.165) is 44.1 Å². The minimum absolute atomic E-state index is 0.114. The van der Waals surface area contributed by atoms with Gasteiger partial charge in [-0.15, -0.1) is 0 Å². The molecule has 1 N–H and O–H groups in total. The number of H-pyrrole nitrogens is 1. The molecule has 6 nitrogen and oxygen atoms in total. The van der Waals surface area contributed by atoms with E-state index in [4.69, 9.17) is 0 Å². The molecule has 0 spiro atoms. The summed E-state index contributed by atoms with van der Waals surface area (Å²) in [5.74, 6) is 1.18. The Labute approximate surface area is 118 Å². The number of carbonyl (C=O) groups excluding carboxylic acids is 1. The van der Waals surface area contributed by atoms with Crippen LogP contribution >= 0.6 is 0 Å². The number of hydrogen-bond acceptors (Lipinski definition) is 3. The maximum absolute atomic E-state index is 12.2. The summed E-state index contributed by atoms with van der Waals surface area (Å²) in [6.07, 6.45) is 7.31. The second-order valence-corrected chi connectivity index (χ2v) is 5.12. The normalized spacial score (nSPS) is 16.6. The van der Waals surface area contributed by atoms with Crippen LogP contribution in [0.2, 0.25) is 0 Å². The first-order chi connectivity index (χ1) is 9.74. The molecule has 3 heterocycles. The van der Waals surface area contributed by atoms with Crippen LogP contribution in [0, 0.1) is 0 Å². The molecule has 2 aromatic heterocycles. The van der Waals surface area contributed by atoms with E-state index in [0.29, 0.717) is 0 Å². The highest BCUT2D eigenvalue weighted by Crippen LogP contribution is 2.10. The molecule has 1 saturated heterocycles. The molecular weight excluding hydrogens is 254 g/mol. The first-order valence-electron chi connectivity index (χ1n) is 6.84. The van der Waals surface area contributed by atoms with E-state index in [9.17, 15) is 4.79 Å². The number of nitrogens with zero attached hydrogens (tertiary/aromatic N) is 4. The van der Waals surface area contributed by atoms with Crippen molar-refractivity contribution in [1.29, 1.82) is 0 Å². The third kappa shape index (κ3) is 2.60. The molecule has 20 heavy (non-hydrogen) atoms. The summed E-state index contributed by atoms with van der Waals surface area (Å²) >= 11 is 0. The van der Waals surface area contributed by atoms with E-state index < -0.39 is 0 Å². The quantitative estimate of drug-likeness (QED) is 0.896. The van der Waals surface area contributed by atoms with Gasteiger partial charge in [0.05, 0.1) is 12.1 Å². The predicted molar refractivity (Wildman–Crippen MR) is 75.2 cm³/mol. The Morgan fingerprint density at radius 2 is 2.15 bits per heavy atom. The fraction of sp³-hybridized carbons (Fsp3) is 0.429. The van der Waals surface area contributed by atoms with Gasteiger partial charge in [-0.05, 0) is 6.07 Å². The van der Waals surface area contributed by atoms with Crippen LogP contribution in [0.5, 0.6) is 0 Å². The number of aryl methyl sites for hydroxylation is 1. The molecule has 1 aliphatic rings. The van der Waals surface area contributed by atoms with Crippen LogP contribution in [0.25, 0.3) is 0 Å². The molecule has 0 saturated carbocycles. The molecule has 1 amide bonds. The topological polar surface area (TPSA) is 57.2 Å². The van der Waals surface area contributed by atoms with Gasteiger partial charge in [0.25, 0.3) is 5.91 Å². The lowest BCUT2D eigenvalue weighted by atomic mass is 10.2. The van der Waals surface area contributed by atoms with Crippen LogP contribution in [-0.4, -0.2) is 56.4 Å². The van der Waals surface area contributed by atoms with Crippen LogP contribution in [0.1, 0.15) is 16.2 Å². The third-order valence-corrected chi connectivity index (χ3v) is 3.79. The molecule has 0 aliphatic carbocycles. The van der Waals surface area contributed by atoms with Crippen LogP contribution in [0.4, 0.5) is 0 Å². The van der Waals surface area contributed by atoms with E-state index in [-0.39, 0.29) is 5.91 Å². The van der Waals surface area contributed by atoms with Crippen LogP contribution in [0.15, 0.2) is 30.9 Å². The van der Waals surface area contributed by atoms with Gasteiger partial charge in [-0.3, -0.25) is 9.69 Å². The summed E-state index contributed by atoms with van der Waals surface area (Å²) in [4.78, 5) is 23.7. The maximum Gasteiger partial charge on any atom is 0.255 e. The molecule has 0 bridgehead atoms. The lowest BCUT2D eigenvalue weighted by molar-refractivity contribution is 0.0624. The van der Waals surface area contributed by atoms with Crippen molar-refractivity contribution in [2.24, 2.45) is 7.05 Å². The lowest BCUT2D eigenvalue weighted by Gasteiger charge is -2.34. The number of piperazine rings is 1. The largest absolute Gasteiger partial charge is 0.367 e. The van der Waals surface area contributed by atoms with E-state index in [1.165, 1.54) is 0 Å². The number of aromatic amines is 1. The minimum atomic E-state index is 0.114. The number of imidazole rings is 1. The number of aromatic nitrogens is 3. The molecule has 3 rings (SSSR count). The van der Waals surface area contributed by atoms with Gasteiger partial charge in [0.2, 0.25) is 0 Å². The molecule has 1 aliphatic heterocycles. The predicted octanol–water partition coefficient (Wildman–Crippen LogP) is 0.706. The summed E-state index contributed by atoms with van der Waals surface area (Å²) in [7, 11) is 2.01. The van der Waals surface area contributed by atoms with Gasteiger partial charge >= 0.3 is 0 Å². The third-order valence-electron chi connectivity index (χ3n) is 3.79. The Bertz CT molecular complexity index is 566. The molecule has 106 valence electrons. The standard InChI is InChI=1S/C14H19N5O/c1-17-5-4-16-13(17)11-18-6-8-19(9-7-18)14(20)12-2-3-15-10-12/h2-5,10,15H,6-9,11H2,1H3. The minimum Gasteiger partial charge on any atom is -0.367 e. The highest BCUT2D eigenvalue weighted by atomic mass is 16.2. The fourth-order valence-corrected chi connectivity index (χ4v) is 2.50. The highest BCUT2D eigenvalue weighted by Gasteiger charge is 2.22. The first kappa shape index (κ1) is 12.9. The second-order valence-electron chi connectivity index (χ2n) is 5.12. The van der Waals surface area contributed by atoms with Gasteiger partial charge in [-0.25, -0.2) is 4.98 Å². The molecule has 0 unspecified atom stereocenters. The van der Waals surface area contributed by atoms with E-state index in [2.05, 4.69) is 14.9 Å². The number of carbonyl (C=O) groups is 1. The van der Waals surface area contributed by atoms with Crippen molar-refractivity contribution in [2.45, 2.75) is 6.54 Å². The van der Waals surface area contributed by atoms with Crippen LogP contribution < -0.4 is 0 Å². The number of nitrogens with one attached hydrogen (secondary N) is 1. The van der Waals surface area contributed by atoms with Crippen molar-refractivity contribution in [3.63, 3.8) is 0 Å². The van der Waals surface area contributed by atoms with Crippen molar-refractivity contribution in [3.8, 4) is 0 Å². The Morgan fingerprint density at radius 1 is 1.35 bits per heavy atom. The number of rotatable bonds is 3. The Balaban J connectivity index is 1.55. The van der Waals surface area contributed by atoms with Crippen molar-refractivity contribution >= 4 is 5.91 Å². The summed E-state index contributed by atoms with van der Waals surface area (Å²) in [5.41, 5.74) is 0.738. The Morgan fingerprint density at radius 3 is 2.75 bits per heavy atom. The number of amides is 1. The average molecular weight is 273 g/mol. The maximum atomic E-state index is 12.2. The molecule has 0 aromatic carbocycles. The van der Waals surface area contributed by atoms with Crippen molar-refractivity contribution in [3.05, 3.63) is 42.2 Å². The summed E-state index contributed by atoms with van der Waals surface area (Å²) in [6.45, 7) is 4.17. The van der Waals surface area contributed by atoms with Crippen molar-refractivity contribution in [1.82, 2.24) is 24.3 Å². The van der Waals surface area contributed by atoms with E-state index in [1.54, 1.807) is 12.4 Å². The highest BCUT2D eigenvalue weighted by molar-refractivity contribution is 5.94. The lowest BCUT2D eigenvalue weighted by Crippen LogP contribution is -2.48. The van der Waals surface area contributed by atoms with E-state index in [1.807, 2.05) is 35.0 Å². The SMILES string of the molecule is Cn1ccnc1CN1CCN(C(=O)c2cc[nH]c2)CC1. The van der Waals surface area contributed by atoms with Gasteiger partial charge in [-0.1, -0.05) is 0 Å². The van der Waals surface area contributed by atoms with Crippen molar-refractivity contribution < 1.29 is 4.79 Å². The fourth-order valence-electron chi connectivity index (χ4n) is 2.50. The molecule has 0 atom stereocenters. The Kier molecular flexibility index (Phi) is 3.56. The van der Waals surface area contributed by atoms with Gasteiger partial charge in [0.1, 0.15) is 5.82 Å². The molecule has 1 fully saturated rings. The first-order valence-corrected chi connectivity index (χ1v) is 6.84. The molecule has 6 heteroatoms. The smallest absolute Gasteiger partial charge is 0.255 e. The summed E-state index contributed by atoms with van der Waals surface area (Å²) < 4.78 is 2.04. The second kappa shape index (κ2) is 5.50. The Hall–Kier alpha value is -2.08. The van der Waals surface area contributed by atoms with Gasteiger partial charge in [0, 0.05) is 58.0 Å². The molecular formula is C14H19N5O. The zero-order valence-electron chi connectivity index (χ0n) is 11.6. The summed E-state index contributed by atoms with van der Waals surface area (Å²) in [5, 5.41) is 0. The van der Waals surface area contributed by atoms with Crippen LogP contribution in [-0.2, 0) is 13.6 Å². The summed E-state index contributed by atoms with van der Waals surface area (Å²) in [6, 6.07) is 1.82. The zero-order valence-corrected chi connectivity index (χ0v) is 11.6.